The maximum absolute atomic E-state index is 14.8. The number of hydrogen-bond acceptors (Lipinski definition) is 1. The number of alkyl halides is 15. The quantitative estimate of drug-likeness (QED) is 0.362. The normalized spacial score (nSPS) is 20.7. The Morgan fingerprint density at radius 2 is 1.10 bits per heavy atom. The smallest absolute Gasteiger partial charge is 0.245 e. The van der Waals surface area contributed by atoms with Crippen molar-refractivity contribution in [3.63, 3.8) is 0 Å². The van der Waals surface area contributed by atoms with Crippen LogP contribution in [0.1, 0.15) is 19.3 Å². The molecular weight excluding hydrogens is 476 g/mol. The fraction of sp³-hybridized carbons (Fsp3) is 0.846. The number of hydrogen-bond donors (Lipinski definition) is 0. The summed E-state index contributed by atoms with van der Waals surface area (Å²) in [6.07, 6.45) is -20.4. The fourth-order valence-corrected chi connectivity index (χ4v) is 2.63. The van der Waals surface area contributed by atoms with E-state index in [9.17, 15) is 70.2 Å². The number of halogens is 16. The Balaban J connectivity index is 3.65. The molecule has 0 aliphatic heterocycles. The van der Waals surface area contributed by atoms with E-state index in [0.717, 1.165) is 6.42 Å². The summed E-state index contributed by atoms with van der Waals surface area (Å²) in [5.74, 6) is -34.7. The van der Waals surface area contributed by atoms with Crippen molar-refractivity contribution in [1.82, 2.24) is 0 Å². The molecule has 178 valence electrons. The largest absolute Gasteiger partial charge is 0.525 e. The fourth-order valence-electron chi connectivity index (χ4n) is 2.63. The predicted octanol–water partition coefficient (Wildman–Crippen LogP) is 6.80. The van der Waals surface area contributed by atoms with Crippen molar-refractivity contribution >= 4 is 0 Å². The van der Waals surface area contributed by atoms with E-state index in [4.69, 9.17) is 0 Å². The van der Waals surface area contributed by atoms with Gasteiger partial charge in [0.05, 0.1) is 0 Å². The molecule has 0 saturated heterocycles. The van der Waals surface area contributed by atoms with Crippen molar-refractivity contribution in [2.75, 3.05) is 0 Å². The van der Waals surface area contributed by atoms with E-state index in [1.807, 2.05) is 0 Å². The summed E-state index contributed by atoms with van der Waals surface area (Å²) < 4.78 is 211. The Labute approximate surface area is 156 Å². The molecule has 0 bridgehead atoms. The minimum Gasteiger partial charge on any atom is -0.245 e. The highest BCUT2D eigenvalue weighted by Gasteiger charge is 2.92. The molecule has 2 unspecified atom stereocenters. The first-order valence-electron chi connectivity index (χ1n) is 7.35. The zero-order valence-corrected chi connectivity index (χ0v) is 13.7. The molecule has 0 amide bonds. The lowest BCUT2D eigenvalue weighted by atomic mass is 9.77. The van der Waals surface area contributed by atoms with E-state index >= 15 is 0 Å². The van der Waals surface area contributed by atoms with Gasteiger partial charge in [0.25, 0.3) is 0 Å². The van der Waals surface area contributed by atoms with Gasteiger partial charge in [0.15, 0.2) is 0 Å². The molecule has 1 aliphatic carbocycles. The summed E-state index contributed by atoms with van der Waals surface area (Å²) in [5, 5.41) is 0. The highest BCUT2D eigenvalue weighted by Crippen LogP contribution is 2.64. The summed E-state index contributed by atoms with van der Waals surface area (Å²) >= 11 is 0. The van der Waals surface area contributed by atoms with Gasteiger partial charge >= 0.3 is 42.6 Å². The molecule has 1 saturated carbocycles. The first kappa shape index (κ1) is 26.9. The molecule has 1 aliphatic rings. The standard InChI is InChI=1S/C13H8F16O/c14-6(30-13(27,28)29)7(15,5-3-1-2-4-5)8(16,17)9(18,19)10(20,21)11(22,23)12(24,25)26/h1,5H,2-4H2. The molecule has 0 heterocycles. The van der Waals surface area contributed by atoms with Crippen LogP contribution in [0.3, 0.4) is 0 Å². The van der Waals surface area contributed by atoms with E-state index in [2.05, 4.69) is 4.74 Å². The molecule has 0 aromatic rings. The summed E-state index contributed by atoms with van der Waals surface area (Å²) in [6, 6.07) is 0. The first-order chi connectivity index (χ1) is 13.0. The van der Waals surface area contributed by atoms with Crippen molar-refractivity contribution in [2.45, 2.75) is 61.2 Å². The van der Waals surface area contributed by atoms with Crippen LogP contribution in [0, 0.1) is 18.7 Å². The van der Waals surface area contributed by atoms with Crippen LogP contribution in [0.4, 0.5) is 70.2 Å². The van der Waals surface area contributed by atoms with E-state index < -0.39 is 73.4 Å². The minimum atomic E-state index is -8.13. The molecular formula is C13H8F16O. The second-order valence-corrected chi connectivity index (χ2v) is 6.13. The Bertz CT molecular complexity index is 601. The Morgan fingerprint density at radius 1 is 0.667 bits per heavy atom. The molecule has 0 aromatic heterocycles. The third-order valence-electron chi connectivity index (χ3n) is 4.22. The molecule has 0 N–H and O–H groups in total. The van der Waals surface area contributed by atoms with Crippen LogP contribution >= 0.6 is 0 Å². The van der Waals surface area contributed by atoms with Crippen LogP contribution in [0.2, 0.25) is 0 Å². The third-order valence-corrected chi connectivity index (χ3v) is 4.22. The van der Waals surface area contributed by atoms with Gasteiger partial charge in [-0.15, -0.1) is 13.2 Å². The molecule has 0 aromatic carbocycles. The lowest BCUT2D eigenvalue weighted by Gasteiger charge is -2.45. The van der Waals surface area contributed by atoms with E-state index in [-0.39, 0.29) is 0 Å². The average Bonchev–Trinajstić information content (AvgIpc) is 3.05. The molecule has 1 rings (SSSR count). The second-order valence-electron chi connectivity index (χ2n) is 6.13. The average molecular weight is 484 g/mol. The van der Waals surface area contributed by atoms with Crippen molar-refractivity contribution in [3.8, 4) is 0 Å². The maximum Gasteiger partial charge on any atom is 0.525 e. The van der Waals surface area contributed by atoms with Crippen LogP contribution in [-0.2, 0) is 4.74 Å². The van der Waals surface area contributed by atoms with Crippen molar-refractivity contribution < 1.29 is 75.0 Å². The van der Waals surface area contributed by atoms with E-state index in [1.165, 1.54) is 0 Å². The third kappa shape index (κ3) is 3.89. The Hall–Kier alpha value is -1.16. The first-order valence-corrected chi connectivity index (χ1v) is 7.35. The monoisotopic (exact) mass is 484 g/mol. The topological polar surface area (TPSA) is 9.23 Å². The summed E-state index contributed by atoms with van der Waals surface area (Å²) in [4.78, 5) is 0. The summed E-state index contributed by atoms with van der Waals surface area (Å²) in [7, 11) is 0. The van der Waals surface area contributed by atoms with Crippen LogP contribution in [0.25, 0.3) is 0 Å². The molecule has 17 heteroatoms. The lowest BCUT2D eigenvalue weighted by molar-refractivity contribution is -0.441. The SMILES string of the molecule is F[C](OC(F)(F)F)C(F)(C1C[CH]CC1)C(F)(F)C(F)(F)C(F)(F)C(F)(F)C(F)(F)F. The molecule has 1 fully saturated rings. The Morgan fingerprint density at radius 3 is 1.43 bits per heavy atom. The highest BCUT2D eigenvalue weighted by molar-refractivity contribution is 5.20. The molecule has 30 heavy (non-hydrogen) atoms. The van der Waals surface area contributed by atoms with Crippen molar-refractivity contribution in [3.05, 3.63) is 12.8 Å². The van der Waals surface area contributed by atoms with Crippen LogP contribution in [0.5, 0.6) is 0 Å². The lowest BCUT2D eigenvalue weighted by Crippen LogP contribution is -2.72. The van der Waals surface area contributed by atoms with Gasteiger partial charge in [-0.05, 0) is 25.7 Å². The molecule has 1 nitrogen and oxygen atoms in total. The molecule has 2 radical (unpaired) electrons. The van der Waals surface area contributed by atoms with Crippen LogP contribution < -0.4 is 0 Å². The van der Waals surface area contributed by atoms with Gasteiger partial charge in [-0.25, -0.2) is 13.5 Å². The number of ether oxygens (including phenoxy) is 1. The van der Waals surface area contributed by atoms with Gasteiger partial charge < -0.3 is 0 Å². The van der Waals surface area contributed by atoms with Crippen molar-refractivity contribution in [2.24, 2.45) is 5.92 Å². The molecule has 2 atom stereocenters. The maximum atomic E-state index is 14.8. The zero-order chi connectivity index (χ0) is 24.2. The van der Waals surface area contributed by atoms with Crippen LogP contribution in [0.15, 0.2) is 0 Å². The number of rotatable bonds is 7. The zero-order valence-electron chi connectivity index (χ0n) is 13.7. The van der Waals surface area contributed by atoms with Gasteiger partial charge in [-0.1, -0.05) is 0 Å². The van der Waals surface area contributed by atoms with Gasteiger partial charge in [-0.2, -0.15) is 48.3 Å². The molecule has 0 spiro atoms. The summed E-state index contributed by atoms with van der Waals surface area (Å²) in [5.41, 5.74) is -6.16. The van der Waals surface area contributed by atoms with Gasteiger partial charge in [-0.3, -0.25) is 0 Å². The van der Waals surface area contributed by atoms with Gasteiger partial charge in [0.1, 0.15) is 0 Å². The summed E-state index contributed by atoms with van der Waals surface area (Å²) in [6.45, 7) is 0. The van der Waals surface area contributed by atoms with E-state index in [0.29, 0.717) is 0 Å². The Kier molecular flexibility index (Phi) is 6.69. The van der Waals surface area contributed by atoms with Gasteiger partial charge in [0, 0.05) is 5.92 Å². The van der Waals surface area contributed by atoms with E-state index in [1.54, 1.807) is 0 Å². The highest BCUT2D eigenvalue weighted by atomic mass is 19.4. The predicted molar refractivity (Wildman–Crippen MR) is 62.8 cm³/mol. The van der Waals surface area contributed by atoms with Crippen LogP contribution in [-0.4, -0.2) is 41.9 Å². The minimum absolute atomic E-state index is 0.549. The second kappa shape index (κ2) is 7.46. The van der Waals surface area contributed by atoms with Crippen molar-refractivity contribution in [1.29, 1.82) is 0 Å². The van der Waals surface area contributed by atoms with Gasteiger partial charge in [0.2, 0.25) is 5.67 Å².